The molecule has 8 heteroatoms. The summed E-state index contributed by atoms with van der Waals surface area (Å²) in [5.41, 5.74) is 3.57. The predicted molar refractivity (Wildman–Crippen MR) is 154 cm³/mol. The van der Waals surface area contributed by atoms with Gasteiger partial charge in [-0.3, -0.25) is 9.36 Å². The Morgan fingerprint density at radius 3 is 2.66 bits per heavy atom. The highest BCUT2D eigenvalue weighted by atomic mass is 28.4. The lowest BCUT2D eigenvalue weighted by atomic mass is 10.1. The van der Waals surface area contributed by atoms with Gasteiger partial charge < -0.3 is 9.16 Å². The van der Waals surface area contributed by atoms with E-state index in [1.54, 1.807) is 4.57 Å². The van der Waals surface area contributed by atoms with Crippen LogP contribution in [0, 0.1) is 6.92 Å². The van der Waals surface area contributed by atoms with Crippen LogP contribution in [-0.4, -0.2) is 34.3 Å². The van der Waals surface area contributed by atoms with Crippen LogP contribution in [0.25, 0.3) is 22.0 Å². The standard InChI is InChI=1S/C30H38N4O3Si/c1-21-32-27-14-13-23(24-18-31-34(20-24)28-12-7-8-15-36-28)17-26(27)29(35)33(21)19-22-10-9-11-25(16-22)37-38(5,6)30(2,3)4/h9-11,13-14,16-18,20,28H,7-8,12,15,19H2,1-6H3. The first-order chi connectivity index (χ1) is 18.0. The number of benzene rings is 2. The molecule has 0 N–H and O–H groups in total. The van der Waals surface area contributed by atoms with Crippen molar-refractivity contribution in [2.75, 3.05) is 6.61 Å². The van der Waals surface area contributed by atoms with E-state index >= 15 is 0 Å². The van der Waals surface area contributed by atoms with Gasteiger partial charge in [-0.2, -0.15) is 5.10 Å². The maximum absolute atomic E-state index is 13.7. The lowest BCUT2D eigenvalue weighted by molar-refractivity contribution is -0.0394. The van der Waals surface area contributed by atoms with Gasteiger partial charge in [-0.05, 0) is 79.7 Å². The molecule has 0 radical (unpaired) electrons. The van der Waals surface area contributed by atoms with Crippen molar-refractivity contribution in [3.63, 3.8) is 0 Å². The molecule has 1 unspecified atom stereocenters. The van der Waals surface area contributed by atoms with Crippen molar-refractivity contribution in [2.24, 2.45) is 0 Å². The Morgan fingerprint density at radius 2 is 1.92 bits per heavy atom. The number of fused-ring (bicyclic) bond motifs is 1. The number of aryl methyl sites for hydroxylation is 1. The minimum absolute atomic E-state index is 0.0177. The van der Waals surface area contributed by atoms with Gasteiger partial charge in [0.15, 0.2) is 0 Å². The summed E-state index contributed by atoms with van der Waals surface area (Å²) in [6.45, 7) is 14.3. The third-order valence-corrected chi connectivity index (χ3v) is 12.3. The summed E-state index contributed by atoms with van der Waals surface area (Å²) in [5, 5.41) is 5.25. The molecular formula is C30H38N4O3Si. The SMILES string of the molecule is Cc1nc2ccc(-c3cnn(C4CCCCO4)c3)cc2c(=O)n1Cc1cccc(O[Si](C)(C)C(C)(C)C)c1. The van der Waals surface area contributed by atoms with Gasteiger partial charge in [0.2, 0.25) is 8.32 Å². The second-order valence-electron chi connectivity index (χ2n) is 11.8. The van der Waals surface area contributed by atoms with Crippen LogP contribution in [0.3, 0.4) is 0 Å². The third-order valence-electron chi connectivity index (χ3n) is 7.95. The number of hydrogen-bond donors (Lipinski definition) is 0. The van der Waals surface area contributed by atoms with Crippen LogP contribution in [0.2, 0.25) is 18.1 Å². The molecule has 5 rings (SSSR count). The molecule has 0 bridgehead atoms. The molecule has 0 aliphatic carbocycles. The Morgan fingerprint density at radius 1 is 1.11 bits per heavy atom. The maximum Gasteiger partial charge on any atom is 0.261 e. The number of rotatable bonds is 6. The Labute approximate surface area is 225 Å². The largest absolute Gasteiger partial charge is 0.543 e. The Hall–Kier alpha value is -3.23. The molecule has 1 aliphatic heterocycles. The molecule has 7 nitrogen and oxygen atoms in total. The number of aromatic nitrogens is 4. The van der Waals surface area contributed by atoms with Crippen molar-refractivity contribution in [3.05, 3.63) is 76.6 Å². The second kappa shape index (κ2) is 10.1. The molecule has 0 spiro atoms. The molecular weight excluding hydrogens is 492 g/mol. The summed E-state index contributed by atoms with van der Waals surface area (Å²) in [4.78, 5) is 18.5. The van der Waals surface area contributed by atoms with Crippen LogP contribution >= 0.6 is 0 Å². The van der Waals surface area contributed by atoms with Crippen molar-refractivity contribution < 1.29 is 9.16 Å². The quantitative estimate of drug-likeness (QED) is 0.259. The van der Waals surface area contributed by atoms with E-state index in [0.29, 0.717) is 23.3 Å². The smallest absolute Gasteiger partial charge is 0.261 e. The first kappa shape index (κ1) is 26.4. The molecule has 200 valence electrons. The third kappa shape index (κ3) is 5.33. The van der Waals surface area contributed by atoms with Gasteiger partial charge in [0.1, 0.15) is 17.8 Å². The fraction of sp³-hybridized carbons (Fsp3) is 0.433. The number of nitrogens with zero attached hydrogens (tertiary/aromatic N) is 4. The summed E-state index contributed by atoms with van der Waals surface area (Å²) in [6, 6.07) is 13.9. The summed E-state index contributed by atoms with van der Waals surface area (Å²) in [5.74, 6) is 1.54. The van der Waals surface area contributed by atoms with Crippen molar-refractivity contribution in [2.45, 2.75) is 77.9 Å². The first-order valence-corrected chi connectivity index (χ1v) is 16.4. The molecule has 0 amide bonds. The monoisotopic (exact) mass is 530 g/mol. The van der Waals surface area contributed by atoms with Gasteiger partial charge in [-0.15, -0.1) is 0 Å². The molecule has 38 heavy (non-hydrogen) atoms. The van der Waals surface area contributed by atoms with E-state index in [0.717, 1.165) is 48.3 Å². The Balaban J connectivity index is 1.44. The molecule has 1 fully saturated rings. The minimum atomic E-state index is -1.96. The summed E-state index contributed by atoms with van der Waals surface area (Å²) < 4.78 is 16.0. The van der Waals surface area contributed by atoms with E-state index in [1.807, 2.05) is 60.4 Å². The van der Waals surface area contributed by atoms with Crippen molar-refractivity contribution >= 4 is 19.2 Å². The molecule has 1 atom stereocenters. The maximum atomic E-state index is 13.7. The molecule has 1 saturated heterocycles. The van der Waals surface area contributed by atoms with Crippen LogP contribution in [-0.2, 0) is 11.3 Å². The molecule has 2 aromatic heterocycles. The highest BCUT2D eigenvalue weighted by Gasteiger charge is 2.39. The lowest BCUT2D eigenvalue weighted by Gasteiger charge is -2.36. The van der Waals surface area contributed by atoms with Gasteiger partial charge in [0.05, 0.1) is 23.6 Å². The normalized spacial score (nSPS) is 16.6. The average molecular weight is 531 g/mol. The second-order valence-corrected chi connectivity index (χ2v) is 16.5. The highest BCUT2D eigenvalue weighted by Crippen LogP contribution is 2.37. The number of ether oxygens (including phenoxy) is 1. The van der Waals surface area contributed by atoms with E-state index in [2.05, 4.69) is 45.0 Å². The topological polar surface area (TPSA) is 71.2 Å². The molecule has 1 aliphatic rings. The van der Waals surface area contributed by atoms with Gasteiger partial charge in [0.25, 0.3) is 5.56 Å². The van der Waals surface area contributed by atoms with E-state index in [4.69, 9.17) is 14.1 Å². The first-order valence-electron chi connectivity index (χ1n) is 13.5. The lowest BCUT2D eigenvalue weighted by Crippen LogP contribution is -2.43. The van der Waals surface area contributed by atoms with E-state index < -0.39 is 8.32 Å². The van der Waals surface area contributed by atoms with E-state index in [9.17, 15) is 4.79 Å². The van der Waals surface area contributed by atoms with Gasteiger partial charge in [-0.1, -0.05) is 39.0 Å². The zero-order valence-electron chi connectivity index (χ0n) is 23.3. The molecule has 3 heterocycles. The van der Waals surface area contributed by atoms with Gasteiger partial charge in [-0.25, -0.2) is 9.67 Å². The average Bonchev–Trinajstić information content (AvgIpc) is 3.37. The van der Waals surface area contributed by atoms with Crippen LogP contribution in [0.1, 0.15) is 57.6 Å². The minimum Gasteiger partial charge on any atom is -0.543 e. The summed E-state index contributed by atoms with van der Waals surface area (Å²) >= 11 is 0. The zero-order chi connectivity index (χ0) is 27.1. The van der Waals surface area contributed by atoms with Crippen molar-refractivity contribution in [1.82, 2.24) is 19.3 Å². The molecule has 4 aromatic rings. The van der Waals surface area contributed by atoms with Crippen molar-refractivity contribution in [1.29, 1.82) is 0 Å². The predicted octanol–water partition coefficient (Wildman–Crippen LogP) is 6.70. The molecule has 2 aromatic carbocycles. The van der Waals surface area contributed by atoms with E-state index in [1.165, 1.54) is 0 Å². The van der Waals surface area contributed by atoms with Gasteiger partial charge >= 0.3 is 0 Å². The Bertz CT molecular complexity index is 1510. The van der Waals surface area contributed by atoms with Crippen LogP contribution < -0.4 is 9.99 Å². The Kier molecular flexibility index (Phi) is 7.05. The zero-order valence-corrected chi connectivity index (χ0v) is 24.3. The van der Waals surface area contributed by atoms with Crippen LogP contribution in [0.15, 0.2) is 59.7 Å². The number of hydrogen-bond acceptors (Lipinski definition) is 5. The molecule has 0 saturated carbocycles. The summed E-state index contributed by atoms with van der Waals surface area (Å²) in [6.07, 6.45) is 7.04. The van der Waals surface area contributed by atoms with Gasteiger partial charge in [0, 0.05) is 18.4 Å². The highest BCUT2D eigenvalue weighted by molar-refractivity contribution is 6.74. The fourth-order valence-corrected chi connectivity index (χ4v) is 5.63. The summed E-state index contributed by atoms with van der Waals surface area (Å²) in [7, 11) is -1.96. The fourth-order valence-electron chi connectivity index (χ4n) is 4.61. The van der Waals surface area contributed by atoms with Crippen LogP contribution in [0.5, 0.6) is 5.75 Å². The van der Waals surface area contributed by atoms with Crippen LogP contribution in [0.4, 0.5) is 0 Å². The van der Waals surface area contributed by atoms with E-state index in [-0.39, 0.29) is 16.8 Å². The van der Waals surface area contributed by atoms with Crippen molar-refractivity contribution in [3.8, 4) is 16.9 Å².